The topological polar surface area (TPSA) is 54.9 Å². The summed E-state index contributed by atoms with van der Waals surface area (Å²) in [5.41, 5.74) is 1.80. The van der Waals surface area contributed by atoms with Crippen LogP contribution in [0.25, 0.3) is 0 Å². The highest BCUT2D eigenvalue weighted by Gasteiger charge is 2.41. The predicted octanol–water partition coefficient (Wildman–Crippen LogP) is 3.94. The van der Waals surface area contributed by atoms with Gasteiger partial charge in [-0.15, -0.1) is 0 Å². The molecule has 154 valence electrons. The van der Waals surface area contributed by atoms with Crippen LogP contribution in [0.3, 0.4) is 0 Å². The molecule has 0 N–H and O–H groups in total. The summed E-state index contributed by atoms with van der Waals surface area (Å²) in [7, 11) is 0. The number of anilines is 1. The number of pyridine rings is 1. The summed E-state index contributed by atoms with van der Waals surface area (Å²) in [5, 5.41) is 0. The van der Waals surface area contributed by atoms with Crippen molar-refractivity contribution in [1.82, 2.24) is 9.88 Å². The third-order valence-corrected chi connectivity index (χ3v) is 5.81. The number of hydrogen-bond acceptors (Lipinski definition) is 5. The molecule has 3 heterocycles. The first-order valence-electron chi connectivity index (χ1n) is 10.6. The van der Waals surface area contributed by atoms with Gasteiger partial charge in [-0.25, -0.2) is 9.78 Å². The molecule has 0 bridgehead atoms. The van der Waals surface area contributed by atoms with Crippen LogP contribution in [-0.4, -0.2) is 53.4 Å². The largest absolute Gasteiger partial charge is 0.444 e. The molecule has 2 aliphatic heterocycles. The molecule has 1 aliphatic carbocycles. The van der Waals surface area contributed by atoms with Gasteiger partial charge in [0.05, 0.1) is 24.4 Å². The minimum Gasteiger partial charge on any atom is -0.444 e. The number of fused-ring (bicyclic) bond motifs is 3. The van der Waals surface area contributed by atoms with Crippen molar-refractivity contribution in [1.29, 1.82) is 0 Å². The second-order valence-electron chi connectivity index (χ2n) is 9.64. The molecule has 3 aliphatic rings. The summed E-state index contributed by atoms with van der Waals surface area (Å²) < 4.78 is 11.6. The second-order valence-corrected chi connectivity index (χ2v) is 9.64. The zero-order valence-corrected chi connectivity index (χ0v) is 17.8. The lowest BCUT2D eigenvalue weighted by Gasteiger charge is -2.43. The first-order chi connectivity index (χ1) is 13.2. The van der Waals surface area contributed by atoms with Gasteiger partial charge >= 0.3 is 6.09 Å². The highest BCUT2D eigenvalue weighted by atomic mass is 16.6. The quantitative estimate of drug-likeness (QED) is 0.783. The van der Waals surface area contributed by atoms with E-state index in [9.17, 15) is 4.79 Å². The SMILES string of the molecule is CC(OCC1CC1)c1ccc2c(n1)N1[C@H](C2)CN(C(=O)OC(C)(C)C)C[C@H]1C. The number of rotatable bonds is 4. The van der Waals surface area contributed by atoms with Crippen LogP contribution in [0, 0.1) is 5.92 Å². The van der Waals surface area contributed by atoms with Crippen LogP contribution >= 0.6 is 0 Å². The molecule has 0 aromatic carbocycles. The number of nitrogens with zero attached hydrogens (tertiary/aromatic N) is 3. The molecule has 3 atom stereocenters. The first-order valence-corrected chi connectivity index (χ1v) is 10.6. The standard InChI is InChI=1S/C22H33N3O3/c1-14-11-24(21(26)28-22(3,4)5)12-18-10-17-8-9-19(23-20(17)25(14)18)15(2)27-13-16-6-7-16/h8-9,14-16,18H,6-7,10-13H2,1-5H3/t14-,15?,18-/m1/s1. The maximum absolute atomic E-state index is 12.5. The average molecular weight is 388 g/mol. The van der Waals surface area contributed by atoms with E-state index in [2.05, 4.69) is 30.9 Å². The molecule has 0 spiro atoms. The van der Waals surface area contributed by atoms with E-state index in [4.69, 9.17) is 14.5 Å². The van der Waals surface area contributed by atoms with E-state index in [1.807, 2.05) is 25.7 Å². The summed E-state index contributed by atoms with van der Waals surface area (Å²) in [6, 6.07) is 4.76. The average Bonchev–Trinajstić information content (AvgIpc) is 3.36. The lowest BCUT2D eigenvalue weighted by atomic mass is 10.1. The number of carbonyl (C=O) groups excluding carboxylic acids is 1. The maximum Gasteiger partial charge on any atom is 0.410 e. The Labute approximate surface area is 168 Å². The molecule has 1 amide bonds. The zero-order valence-electron chi connectivity index (χ0n) is 17.8. The summed E-state index contributed by atoms with van der Waals surface area (Å²) in [6.45, 7) is 12.2. The van der Waals surface area contributed by atoms with E-state index in [1.165, 1.54) is 18.4 Å². The van der Waals surface area contributed by atoms with Crippen molar-refractivity contribution in [2.45, 2.75) is 77.7 Å². The van der Waals surface area contributed by atoms with Crippen LogP contribution in [0.2, 0.25) is 0 Å². The van der Waals surface area contributed by atoms with Crippen LogP contribution in [0.15, 0.2) is 12.1 Å². The zero-order chi connectivity index (χ0) is 20.1. The van der Waals surface area contributed by atoms with Gasteiger partial charge in [-0.1, -0.05) is 6.07 Å². The Morgan fingerprint density at radius 1 is 1.29 bits per heavy atom. The van der Waals surface area contributed by atoms with Crippen molar-refractivity contribution in [3.05, 3.63) is 23.4 Å². The fourth-order valence-corrected chi connectivity index (χ4v) is 4.21. The van der Waals surface area contributed by atoms with Gasteiger partial charge in [0.15, 0.2) is 0 Å². The molecule has 28 heavy (non-hydrogen) atoms. The van der Waals surface area contributed by atoms with Crippen molar-refractivity contribution in [3.63, 3.8) is 0 Å². The van der Waals surface area contributed by atoms with Crippen molar-refractivity contribution >= 4 is 11.9 Å². The van der Waals surface area contributed by atoms with Crippen LogP contribution in [-0.2, 0) is 15.9 Å². The molecular weight excluding hydrogens is 354 g/mol. The Hall–Kier alpha value is -1.82. The van der Waals surface area contributed by atoms with Crippen LogP contribution < -0.4 is 4.90 Å². The molecular formula is C22H33N3O3. The fourth-order valence-electron chi connectivity index (χ4n) is 4.21. The van der Waals surface area contributed by atoms with Crippen molar-refractivity contribution in [2.75, 3.05) is 24.6 Å². The van der Waals surface area contributed by atoms with E-state index >= 15 is 0 Å². The number of amides is 1. The molecule has 6 heteroatoms. The summed E-state index contributed by atoms with van der Waals surface area (Å²) in [4.78, 5) is 21.8. The number of piperazine rings is 1. The van der Waals surface area contributed by atoms with E-state index in [1.54, 1.807) is 0 Å². The Morgan fingerprint density at radius 2 is 2.04 bits per heavy atom. The molecule has 0 radical (unpaired) electrons. The maximum atomic E-state index is 12.5. The first kappa shape index (κ1) is 19.5. The molecule has 1 aromatic rings. The molecule has 2 fully saturated rings. The van der Waals surface area contributed by atoms with Gasteiger partial charge in [0.1, 0.15) is 11.4 Å². The summed E-state index contributed by atoms with van der Waals surface area (Å²) in [6.07, 6.45) is 3.31. The molecule has 1 unspecified atom stereocenters. The van der Waals surface area contributed by atoms with E-state index in [0.29, 0.717) is 13.1 Å². The number of hydrogen-bond donors (Lipinski definition) is 0. The Balaban J connectivity index is 1.46. The number of carbonyl (C=O) groups is 1. The molecule has 1 aromatic heterocycles. The normalized spacial score (nSPS) is 25.3. The number of ether oxygens (including phenoxy) is 2. The highest BCUT2D eigenvalue weighted by Crippen LogP contribution is 2.37. The van der Waals surface area contributed by atoms with Crippen molar-refractivity contribution in [3.8, 4) is 0 Å². The van der Waals surface area contributed by atoms with E-state index in [-0.39, 0.29) is 24.3 Å². The van der Waals surface area contributed by atoms with Gasteiger partial charge in [-0.2, -0.15) is 0 Å². The predicted molar refractivity (Wildman–Crippen MR) is 109 cm³/mol. The van der Waals surface area contributed by atoms with Gasteiger partial charge < -0.3 is 19.3 Å². The van der Waals surface area contributed by atoms with Crippen LogP contribution in [0.4, 0.5) is 10.6 Å². The third-order valence-electron chi connectivity index (χ3n) is 5.81. The third kappa shape index (κ3) is 4.12. The number of aromatic nitrogens is 1. The smallest absolute Gasteiger partial charge is 0.410 e. The van der Waals surface area contributed by atoms with Gasteiger partial charge in [-0.3, -0.25) is 0 Å². The summed E-state index contributed by atoms with van der Waals surface area (Å²) >= 11 is 0. The minimum atomic E-state index is -0.469. The molecule has 6 nitrogen and oxygen atoms in total. The van der Waals surface area contributed by atoms with Crippen LogP contribution in [0.5, 0.6) is 0 Å². The van der Waals surface area contributed by atoms with Gasteiger partial charge in [-0.05, 0) is 71.4 Å². The van der Waals surface area contributed by atoms with Crippen molar-refractivity contribution < 1.29 is 14.3 Å². The van der Waals surface area contributed by atoms with E-state index < -0.39 is 5.60 Å². The van der Waals surface area contributed by atoms with Gasteiger partial charge in [0.25, 0.3) is 0 Å². The Bertz CT molecular complexity index is 741. The second kappa shape index (κ2) is 7.21. The minimum absolute atomic E-state index is 0.0170. The summed E-state index contributed by atoms with van der Waals surface area (Å²) in [5.74, 6) is 1.82. The molecule has 1 saturated carbocycles. The fraction of sp³-hybridized carbons (Fsp3) is 0.727. The Kier molecular flexibility index (Phi) is 5.02. The monoisotopic (exact) mass is 387 g/mol. The van der Waals surface area contributed by atoms with E-state index in [0.717, 1.165) is 30.5 Å². The van der Waals surface area contributed by atoms with Gasteiger partial charge in [0, 0.05) is 19.1 Å². The lowest BCUT2D eigenvalue weighted by molar-refractivity contribution is 0.0191. The molecule has 1 saturated heterocycles. The Morgan fingerprint density at radius 3 is 2.71 bits per heavy atom. The molecule has 4 rings (SSSR count). The highest BCUT2D eigenvalue weighted by molar-refractivity contribution is 5.69. The van der Waals surface area contributed by atoms with Crippen molar-refractivity contribution in [2.24, 2.45) is 5.92 Å². The lowest BCUT2D eigenvalue weighted by Crippen LogP contribution is -2.58. The van der Waals surface area contributed by atoms with Gasteiger partial charge in [0.2, 0.25) is 0 Å². The van der Waals surface area contributed by atoms with Crippen LogP contribution in [0.1, 0.15) is 64.8 Å².